The number of amides is 1. The van der Waals surface area contributed by atoms with Crippen molar-refractivity contribution in [3.8, 4) is 11.5 Å². The molecule has 1 heterocycles. The van der Waals surface area contributed by atoms with Crippen LogP contribution < -0.4 is 9.47 Å². The summed E-state index contributed by atoms with van der Waals surface area (Å²) in [6, 6.07) is 12.8. The first-order valence-electron chi connectivity index (χ1n) is 12.7. The van der Waals surface area contributed by atoms with Crippen molar-refractivity contribution in [2.24, 2.45) is 0 Å². The first kappa shape index (κ1) is 29.7. The van der Waals surface area contributed by atoms with Crippen LogP contribution in [0.2, 0.25) is 0 Å². The summed E-state index contributed by atoms with van der Waals surface area (Å²) in [5.74, 6) is 3.15. The van der Waals surface area contributed by atoms with Crippen molar-refractivity contribution >= 4 is 39.5 Å². The van der Waals surface area contributed by atoms with Gasteiger partial charge in [0.1, 0.15) is 0 Å². The van der Waals surface area contributed by atoms with E-state index in [0.29, 0.717) is 29.2 Å². The van der Waals surface area contributed by atoms with Crippen molar-refractivity contribution < 1.29 is 22.7 Å². The lowest BCUT2D eigenvalue weighted by atomic mass is 10.2. The van der Waals surface area contributed by atoms with Crippen LogP contribution in [0.15, 0.2) is 47.4 Å². The molecular formula is C27H38N2O5S3. The highest BCUT2D eigenvalue weighted by Crippen LogP contribution is 2.42. The molecule has 1 amide bonds. The Morgan fingerprint density at radius 2 is 1.57 bits per heavy atom. The molecule has 0 N–H and O–H groups in total. The summed E-state index contributed by atoms with van der Waals surface area (Å²) in [4.78, 5) is 14.8. The van der Waals surface area contributed by atoms with Crippen LogP contribution >= 0.6 is 23.5 Å². The molecule has 10 heteroatoms. The molecule has 0 spiro atoms. The Hall–Kier alpha value is -1.88. The van der Waals surface area contributed by atoms with Crippen LogP contribution in [0.5, 0.6) is 11.5 Å². The molecule has 7 nitrogen and oxygen atoms in total. The SMILES string of the molecule is CCCSC(SCCC)c1ccc(OCC(=O)N2CCN(S(=O)(=O)c3ccc(C)cc3)CC2)c(OC)c1. The number of sulfonamides is 1. The zero-order valence-corrected chi connectivity index (χ0v) is 24.6. The van der Waals surface area contributed by atoms with E-state index in [0.717, 1.165) is 29.9 Å². The van der Waals surface area contributed by atoms with E-state index in [2.05, 4.69) is 13.8 Å². The van der Waals surface area contributed by atoms with Crippen LogP contribution in [0.4, 0.5) is 0 Å². The van der Waals surface area contributed by atoms with Gasteiger partial charge >= 0.3 is 0 Å². The van der Waals surface area contributed by atoms with E-state index in [1.54, 1.807) is 36.3 Å². The van der Waals surface area contributed by atoms with E-state index in [4.69, 9.17) is 9.47 Å². The van der Waals surface area contributed by atoms with Crippen LogP contribution in [-0.4, -0.2) is 74.9 Å². The molecule has 1 saturated heterocycles. The average molecular weight is 567 g/mol. The van der Waals surface area contributed by atoms with Crippen LogP contribution in [-0.2, 0) is 14.8 Å². The summed E-state index contributed by atoms with van der Waals surface area (Å²) in [5.41, 5.74) is 2.18. The molecule has 0 unspecified atom stereocenters. The topological polar surface area (TPSA) is 76.2 Å². The monoisotopic (exact) mass is 566 g/mol. The smallest absolute Gasteiger partial charge is 0.260 e. The van der Waals surface area contributed by atoms with Crippen molar-refractivity contribution in [1.82, 2.24) is 9.21 Å². The normalized spacial score (nSPS) is 14.7. The van der Waals surface area contributed by atoms with Gasteiger partial charge in [0.25, 0.3) is 5.91 Å². The fraction of sp³-hybridized carbons (Fsp3) is 0.519. The van der Waals surface area contributed by atoms with Gasteiger partial charge < -0.3 is 14.4 Å². The van der Waals surface area contributed by atoms with Gasteiger partial charge in [0.05, 0.1) is 16.6 Å². The fourth-order valence-electron chi connectivity index (χ4n) is 3.91. The minimum atomic E-state index is -3.57. The van der Waals surface area contributed by atoms with E-state index in [-0.39, 0.29) is 30.5 Å². The van der Waals surface area contributed by atoms with E-state index >= 15 is 0 Å². The Bertz CT molecular complexity index is 1110. The highest BCUT2D eigenvalue weighted by molar-refractivity contribution is 8.16. The Kier molecular flexibility index (Phi) is 11.5. The molecule has 204 valence electrons. The number of thioether (sulfide) groups is 2. The first-order valence-corrected chi connectivity index (χ1v) is 16.2. The Morgan fingerprint density at radius 3 is 2.14 bits per heavy atom. The largest absolute Gasteiger partial charge is 0.493 e. The Labute approximate surface area is 230 Å². The molecule has 1 aliphatic rings. The van der Waals surface area contributed by atoms with Gasteiger partial charge in [0.15, 0.2) is 18.1 Å². The summed E-state index contributed by atoms with van der Waals surface area (Å²) >= 11 is 3.87. The highest BCUT2D eigenvalue weighted by atomic mass is 32.2. The fourth-order valence-corrected chi connectivity index (χ4v) is 7.87. The third-order valence-corrected chi connectivity index (χ3v) is 11.2. The molecule has 2 aromatic rings. The minimum Gasteiger partial charge on any atom is -0.493 e. The number of methoxy groups -OCH3 is 1. The number of piperazine rings is 1. The van der Waals surface area contributed by atoms with Gasteiger partial charge in [-0.25, -0.2) is 8.42 Å². The van der Waals surface area contributed by atoms with Crippen molar-refractivity contribution in [3.63, 3.8) is 0 Å². The Morgan fingerprint density at radius 1 is 0.946 bits per heavy atom. The molecule has 2 aromatic carbocycles. The summed E-state index contributed by atoms with van der Waals surface area (Å²) in [7, 11) is -1.97. The number of hydrogen-bond acceptors (Lipinski definition) is 7. The van der Waals surface area contributed by atoms with Crippen molar-refractivity contribution in [3.05, 3.63) is 53.6 Å². The number of ether oxygens (including phenoxy) is 2. The number of hydrogen-bond donors (Lipinski definition) is 0. The zero-order valence-electron chi connectivity index (χ0n) is 22.1. The molecule has 37 heavy (non-hydrogen) atoms. The summed E-state index contributed by atoms with van der Waals surface area (Å²) in [6.07, 6.45) is 2.25. The number of aryl methyl sites for hydroxylation is 1. The molecule has 0 atom stereocenters. The van der Waals surface area contributed by atoms with Crippen LogP contribution in [0.1, 0.15) is 42.4 Å². The number of carbonyl (C=O) groups excluding carboxylic acids is 1. The van der Waals surface area contributed by atoms with Crippen molar-refractivity contribution in [2.45, 2.75) is 43.1 Å². The minimum absolute atomic E-state index is 0.126. The summed E-state index contributed by atoms with van der Waals surface area (Å²) < 4.78 is 39.1. The Balaban J connectivity index is 1.57. The molecule has 3 rings (SSSR count). The zero-order chi connectivity index (χ0) is 26.8. The predicted molar refractivity (Wildman–Crippen MR) is 153 cm³/mol. The summed E-state index contributed by atoms with van der Waals surface area (Å²) in [5, 5.41) is 0. The molecule has 0 aromatic heterocycles. The number of nitrogens with zero attached hydrogens (tertiary/aromatic N) is 2. The molecule has 1 fully saturated rings. The third kappa shape index (κ3) is 8.05. The first-order chi connectivity index (χ1) is 17.8. The second-order valence-corrected chi connectivity index (χ2v) is 13.5. The molecule has 1 aliphatic heterocycles. The quantitative estimate of drug-likeness (QED) is 0.309. The van der Waals surface area contributed by atoms with Gasteiger partial charge in [-0.3, -0.25) is 4.79 Å². The molecule has 0 bridgehead atoms. The molecule has 0 aliphatic carbocycles. The maximum absolute atomic E-state index is 12.9. The lowest BCUT2D eigenvalue weighted by Gasteiger charge is -2.34. The molecular weight excluding hydrogens is 529 g/mol. The maximum atomic E-state index is 12.9. The van der Waals surface area contributed by atoms with E-state index in [9.17, 15) is 13.2 Å². The van der Waals surface area contributed by atoms with Crippen LogP contribution in [0.25, 0.3) is 0 Å². The lowest BCUT2D eigenvalue weighted by molar-refractivity contribution is -0.134. The maximum Gasteiger partial charge on any atom is 0.260 e. The average Bonchev–Trinajstić information content (AvgIpc) is 2.92. The van der Waals surface area contributed by atoms with Gasteiger partial charge in [-0.15, -0.1) is 23.5 Å². The second-order valence-electron chi connectivity index (χ2n) is 8.87. The standard InChI is InChI=1S/C27H38N2O5S3/c1-5-17-35-27(36-18-6-2)22-9-12-24(25(19-22)33-4)34-20-26(30)28-13-15-29(16-14-28)37(31,32)23-10-7-21(3)8-11-23/h7-12,19,27H,5-6,13-18,20H2,1-4H3. The lowest BCUT2D eigenvalue weighted by Crippen LogP contribution is -2.51. The highest BCUT2D eigenvalue weighted by Gasteiger charge is 2.30. The van der Waals surface area contributed by atoms with Crippen LogP contribution in [0, 0.1) is 6.92 Å². The van der Waals surface area contributed by atoms with Gasteiger partial charge in [-0.2, -0.15) is 4.31 Å². The number of rotatable bonds is 13. The van der Waals surface area contributed by atoms with Gasteiger partial charge in [-0.1, -0.05) is 37.6 Å². The van der Waals surface area contributed by atoms with Gasteiger partial charge in [0, 0.05) is 26.2 Å². The molecule has 0 radical (unpaired) electrons. The second kappa shape index (κ2) is 14.3. The predicted octanol–water partition coefficient (Wildman–Crippen LogP) is 5.20. The van der Waals surface area contributed by atoms with E-state index in [1.807, 2.05) is 48.6 Å². The summed E-state index contributed by atoms with van der Waals surface area (Å²) in [6.45, 7) is 7.33. The van der Waals surface area contributed by atoms with Crippen molar-refractivity contribution in [2.75, 3.05) is 51.4 Å². The van der Waals surface area contributed by atoms with Gasteiger partial charge in [0.2, 0.25) is 10.0 Å². The number of benzene rings is 2. The van der Waals surface area contributed by atoms with Gasteiger partial charge in [-0.05, 0) is 61.1 Å². The van der Waals surface area contributed by atoms with E-state index < -0.39 is 10.0 Å². The van der Waals surface area contributed by atoms with Crippen LogP contribution in [0.3, 0.4) is 0 Å². The van der Waals surface area contributed by atoms with Crippen molar-refractivity contribution in [1.29, 1.82) is 0 Å². The third-order valence-electron chi connectivity index (χ3n) is 6.01. The van der Waals surface area contributed by atoms with E-state index in [1.165, 1.54) is 9.87 Å². The molecule has 0 saturated carbocycles. The number of carbonyl (C=O) groups is 1.